The van der Waals surface area contributed by atoms with Crippen molar-refractivity contribution < 1.29 is 19.1 Å². The minimum absolute atomic E-state index is 0.0743. The van der Waals surface area contributed by atoms with Crippen LogP contribution in [-0.4, -0.2) is 55.7 Å². The van der Waals surface area contributed by atoms with Crippen LogP contribution in [0.1, 0.15) is 83.6 Å². The van der Waals surface area contributed by atoms with Crippen LogP contribution in [0, 0.1) is 18.3 Å². The number of benzene rings is 1. The Morgan fingerprint density at radius 1 is 0.971 bits per heavy atom. The SMILES string of the molecule is CC(=O)OCC(CCC1(CCN2CCC(Nc3ccc(C)cc3)CC2)CCCCC1)COC(C)=O. The van der Waals surface area contributed by atoms with Crippen molar-refractivity contribution >= 4 is 17.6 Å². The van der Waals surface area contributed by atoms with E-state index in [2.05, 4.69) is 41.4 Å². The smallest absolute Gasteiger partial charge is 0.302 e. The number of rotatable bonds is 12. The lowest BCUT2D eigenvalue weighted by Gasteiger charge is -2.41. The van der Waals surface area contributed by atoms with Gasteiger partial charge in [0, 0.05) is 44.6 Å². The molecule has 6 nitrogen and oxygen atoms in total. The number of hydrogen-bond acceptors (Lipinski definition) is 6. The Balaban J connectivity index is 1.47. The van der Waals surface area contributed by atoms with Gasteiger partial charge in [-0.25, -0.2) is 0 Å². The van der Waals surface area contributed by atoms with Gasteiger partial charge in [-0.2, -0.15) is 0 Å². The van der Waals surface area contributed by atoms with Gasteiger partial charge < -0.3 is 19.7 Å². The van der Waals surface area contributed by atoms with E-state index in [-0.39, 0.29) is 17.9 Å². The minimum atomic E-state index is -0.273. The van der Waals surface area contributed by atoms with Crippen molar-refractivity contribution in [3.63, 3.8) is 0 Å². The number of nitrogens with one attached hydrogen (secondary N) is 1. The zero-order valence-corrected chi connectivity index (χ0v) is 22.2. The van der Waals surface area contributed by atoms with Crippen molar-refractivity contribution in [2.75, 3.05) is 38.2 Å². The van der Waals surface area contributed by atoms with Crippen LogP contribution in [0.4, 0.5) is 5.69 Å². The Bertz CT molecular complexity index is 762. The monoisotopic (exact) mass is 486 g/mol. The molecule has 3 rings (SSSR count). The van der Waals surface area contributed by atoms with E-state index in [0.29, 0.717) is 24.7 Å². The summed E-state index contributed by atoms with van der Waals surface area (Å²) in [6.07, 6.45) is 12.2. The van der Waals surface area contributed by atoms with Gasteiger partial charge in [-0.1, -0.05) is 37.0 Å². The normalized spacial score (nSPS) is 18.9. The highest BCUT2D eigenvalue weighted by Gasteiger charge is 2.33. The summed E-state index contributed by atoms with van der Waals surface area (Å²) in [4.78, 5) is 25.3. The third kappa shape index (κ3) is 9.83. The molecule has 2 fully saturated rings. The van der Waals surface area contributed by atoms with Gasteiger partial charge in [-0.05, 0) is 76.0 Å². The van der Waals surface area contributed by atoms with E-state index in [1.54, 1.807) is 0 Å². The third-order valence-electron chi connectivity index (χ3n) is 8.01. The highest BCUT2D eigenvalue weighted by Crippen LogP contribution is 2.44. The van der Waals surface area contributed by atoms with Crippen LogP contribution >= 0.6 is 0 Å². The molecule has 1 aliphatic heterocycles. The fourth-order valence-corrected chi connectivity index (χ4v) is 5.70. The summed E-state index contributed by atoms with van der Waals surface area (Å²) >= 11 is 0. The number of carbonyl (C=O) groups excluding carboxylic acids is 2. The highest BCUT2D eigenvalue weighted by molar-refractivity contribution is 5.66. The fraction of sp³-hybridized carbons (Fsp3) is 0.724. The molecule has 0 atom stereocenters. The summed E-state index contributed by atoms with van der Waals surface area (Å²) < 4.78 is 10.6. The van der Waals surface area contributed by atoms with Crippen LogP contribution in [0.3, 0.4) is 0 Å². The molecule has 196 valence electrons. The Labute approximate surface area is 212 Å². The lowest BCUT2D eigenvalue weighted by molar-refractivity contribution is -0.146. The van der Waals surface area contributed by atoms with Crippen LogP contribution in [-0.2, 0) is 19.1 Å². The number of ether oxygens (including phenoxy) is 2. The maximum atomic E-state index is 11.3. The van der Waals surface area contributed by atoms with Gasteiger partial charge >= 0.3 is 11.9 Å². The molecule has 0 radical (unpaired) electrons. The molecule has 1 saturated carbocycles. The fourth-order valence-electron chi connectivity index (χ4n) is 5.70. The average molecular weight is 487 g/mol. The van der Waals surface area contributed by atoms with E-state index < -0.39 is 0 Å². The number of hydrogen-bond donors (Lipinski definition) is 1. The molecule has 2 aliphatic rings. The van der Waals surface area contributed by atoms with Crippen molar-refractivity contribution in [3.8, 4) is 0 Å². The lowest BCUT2D eigenvalue weighted by Crippen LogP contribution is -2.41. The van der Waals surface area contributed by atoms with Crippen LogP contribution in [0.25, 0.3) is 0 Å². The number of aryl methyl sites for hydroxylation is 1. The Morgan fingerprint density at radius 3 is 2.14 bits per heavy atom. The molecule has 0 amide bonds. The summed E-state index contributed by atoms with van der Waals surface area (Å²) in [6.45, 7) is 9.13. The molecule has 1 saturated heterocycles. The van der Waals surface area contributed by atoms with Crippen LogP contribution in [0.15, 0.2) is 24.3 Å². The van der Waals surface area contributed by atoms with E-state index in [1.807, 2.05) is 0 Å². The van der Waals surface area contributed by atoms with E-state index in [1.165, 1.54) is 76.5 Å². The number of esters is 2. The van der Waals surface area contributed by atoms with E-state index in [4.69, 9.17) is 9.47 Å². The molecule has 1 aliphatic carbocycles. The molecule has 0 unspecified atom stereocenters. The second-order valence-electron chi connectivity index (χ2n) is 10.9. The molecule has 1 aromatic rings. The molecule has 1 N–H and O–H groups in total. The van der Waals surface area contributed by atoms with Crippen LogP contribution in [0.5, 0.6) is 0 Å². The second-order valence-corrected chi connectivity index (χ2v) is 10.9. The highest BCUT2D eigenvalue weighted by atomic mass is 16.5. The van der Waals surface area contributed by atoms with Crippen molar-refractivity contribution in [1.82, 2.24) is 4.90 Å². The Kier molecular flexibility index (Phi) is 10.9. The van der Waals surface area contributed by atoms with E-state index >= 15 is 0 Å². The van der Waals surface area contributed by atoms with Crippen molar-refractivity contribution in [2.24, 2.45) is 11.3 Å². The van der Waals surface area contributed by atoms with Gasteiger partial charge in [0.15, 0.2) is 0 Å². The maximum absolute atomic E-state index is 11.3. The van der Waals surface area contributed by atoms with Gasteiger partial charge in [0.25, 0.3) is 0 Å². The van der Waals surface area contributed by atoms with E-state index in [9.17, 15) is 9.59 Å². The molecule has 0 bridgehead atoms. The first-order chi connectivity index (χ1) is 16.8. The van der Waals surface area contributed by atoms with Crippen LogP contribution in [0.2, 0.25) is 0 Å². The molecule has 0 aromatic heterocycles. The maximum Gasteiger partial charge on any atom is 0.302 e. The van der Waals surface area contributed by atoms with Crippen molar-refractivity contribution in [1.29, 1.82) is 0 Å². The van der Waals surface area contributed by atoms with Crippen molar-refractivity contribution in [2.45, 2.75) is 91.0 Å². The molecular formula is C29H46N2O4. The first kappa shape index (κ1) is 27.5. The molecule has 35 heavy (non-hydrogen) atoms. The predicted molar refractivity (Wildman–Crippen MR) is 140 cm³/mol. The standard InChI is InChI=1S/C29H46N2O4/c1-23-7-9-27(10-8-23)30-28-12-18-31(19-13-28)20-17-29(14-5-4-6-15-29)16-11-26(21-34-24(2)32)22-35-25(3)33/h7-10,26,28,30H,4-6,11-22H2,1-3H3. The molecule has 6 heteroatoms. The summed E-state index contributed by atoms with van der Waals surface area (Å²) in [5.41, 5.74) is 2.89. The van der Waals surface area contributed by atoms with Crippen molar-refractivity contribution in [3.05, 3.63) is 29.8 Å². The van der Waals surface area contributed by atoms with Gasteiger partial charge in [-0.3, -0.25) is 9.59 Å². The lowest BCUT2D eigenvalue weighted by atomic mass is 9.68. The number of likely N-dealkylation sites (tertiary alicyclic amines) is 1. The Morgan fingerprint density at radius 2 is 1.57 bits per heavy atom. The number of nitrogens with zero attached hydrogens (tertiary/aromatic N) is 1. The van der Waals surface area contributed by atoms with Gasteiger partial charge in [0.05, 0.1) is 13.2 Å². The quantitative estimate of drug-likeness (QED) is 0.380. The number of carbonyl (C=O) groups is 2. The predicted octanol–water partition coefficient (Wildman–Crippen LogP) is 5.73. The van der Waals surface area contributed by atoms with Gasteiger partial charge in [0.1, 0.15) is 0 Å². The largest absolute Gasteiger partial charge is 0.465 e. The number of anilines is 1. The van der Waals surface area contributed by atoms with Gasteiger partial charge in [-0.15, -0.1) is 0 Å². The first-order valence-electron chi connectivity index (χ1n) is 13.7. The molecular weight excluding hydrogens is 440 g/mol. The number of piperidine rings is 1. The topological polar surface area (TPSA) is 67.9 Å². The minimum Gasteiger partial charge on any atom is -0.465 e. The summed E-state index contributed by atoms with van der Waals surface area (Å²) in [5.74, 6) is -0.471. The summed E-state index contributed by atoms with van der Waals surface area (Å²) in [5, 5.41) is 3.72. The molecule has 0 spiro atoms. The third-order valence-corrected chi connectivity index (χ3v) is 8.01. The Hall–Kier alpha value is -2.08. The first-order valence-corrected chi connectivity index (χ1v) is 13.7. The zero-order chi connectivity index (χ0) is 25.1. The molecule has 1 heterocycles. The summed E-state index contributed by atoms with van der Waals surface area (Å²) in [6, 6.07) is 9.27. The van der Waals surface area contributed by atoms with Gasteiger partial charge in [0.2, 0.25) is 0 Å². The summed E-state index contributed by atoms with van der Waals surface area (Å²) in [7, 11) is 0. The van der Waals surface area contributed by atoms with Crippen LogP contribution < -0.4 is 5.32 Å². The zero-order valence-electron chi connectivity index (χ0n) is 22.2. The van der Waals surface area contributed by atoms with E-state index in [0.717, 1.165) is 32.5 Å². The average Bonchev–Trinajstić information content (AvgIpc) is 2.85. The second kappa shape index (κ2) is 13.9. The molecule has 1 aromatic carbocycles.